The van der Waals surface area contributed by atoms with Crippen LogP contribution in [0.3, 0.4) is 0 Å². The number of nitrogens with zero attached hydrogens (tertiary/aromatic N) is 3. The fourth-order valence-electron chi connectivity index (χ4n) is 11.9. The van der Waals surface area contributed by atoms with Gasteiger partial charge in [-0.05, 0) is 138 Å². The van der Waals surface area contributed by atoms with Crippen molar-refractivity contribution < 1.29 is 0 Å². The second-order valence-electron chi connectivity index (χ2n) is 18.6. The summed E-state index contributed by atoms with van der Waals surface area (Å²) >= 11 is 0. The number of hydrogen-bond donors (Lipinski definition) is 0. The lowest BCUT2D eigenvalue weighted by molar-refractivity contribution is 1.28. The first-order valence-electron chi connectivity index (χ1n) is 24.1. The smallest absolute Gasteiger partial charge is 0.0780 e. The van der Waals surface area contributed by atoms with E-state index in [1.807, 2.05) is 36.8 Å². The van der Waals surface area contributed by atoms with Gasteiger partial charge in [-0.1, -0.05) is 170 Å². The van der Waals surface area contributed by atoms with Gasteiger partial charge in [-0.2, -0.15) is 0 Å². The summed E-state index contributed by atoms with van der Waals surface area (Å²) in [5.74, 6) is 0. The monoisotopic (exact) mass is 889 g/mol. The van der Waals surface area contributed by atoms with Gasteiger partial charge in [0.1, 0.15) is 0 Å². The number of pyridine rings is 3. The molecule has 0 aliphatic heterocycles. The maximum Gasteiger partial charge on any atom is 0.0780 e. The Bertz CT molecular complexity index is 4290. The third-order valence-corrected chi connectivity index (χ3v) is 14.9. The standard InChI is InChI=1S/C67H43N3/c1-40-56(49-33-31-42-16-3-5-19-47(42)38-49)57(50-34-32-43-17-4-6-20-48(43)39-50)41(2)59-58(40)60(52-27-11-21-44-18-7-8-26-51(44)52)65-62(54-29-13-23-46-25-15-37-70-67(46)54)61(63(64(59)65)55-30-9-10-35-68-55)53-28-12-22-45-24-14-36-69-66(45)53/h3-39H,1-2H3. The Labute approximate surface area is 406 Å². The molecule has 326 valence electrons. The lowest BCUT2D eigenvalue weighted by Crippen LogP contribution is -2.04. The van der Waals surface area contributed by atoms with Crippen molar-refractivity contribution in [3.63, 3.8) is 0 Å². The van der Waals surface area contributed by atoms with E-state index in [0.29, 0.717) is 0 Å². The number of hydrogen-bond acceptors (Lipinski definition) is 3. The van der Waals surface area contributed by atoms with Crippen LogP contribution in [0.1, 0.15) is 44.6 Å². The average Bonchev–Trinajstić information content (AvgIpc) is 3.94. The number of rotatable bonds is 6. The maximum absolute atomic E-state index is 5.30. The minimum absolute atomic E-state index is 0.911. The van der Waals surface area contributed by atoms with E-state index in [1.54, 1.807) is 0 Å². The van der Waals surface area contributed by atoms with Crippen molar-refractivity contribution in [2.75, 3.05) is 0 Å². The van der Waals surface area contributed by atoms with Crippen LogP contribution in [-0.2, 0) is 0 Å². The Hall–Kier alpha value is -9.05. The lowest BCUT2D eigenvalue weighted by atomic mass is 9.78. The van der Waals surface area contributed by atoms with Crippen LogP contribution in [0.15, 0.2) is 230 Å². The quantitative estimate of drug-likeness (QED) is 0.167. The van der Waals surface area contributed by atoms with Gasteiger partial charge in [0.05, 0.1) is 16.7 Å². The fraction of sp³-hybridized carbons (Fsp3) is 0.0299. The number of para-hydroxylation sites is 2. The Morgan fingerprint density at radius 1 is 0.271 bits per heavy atom. The summed E-state index contributed by atoms with van der Waals surface area (Å²) in [6, 6.07) is 75.1. The second-order valence-corrected chi connectivity index (χ2v) is 18.6. The Morgan fingerprint density at radius 2 is 0.729 bits per heavy atom. The van der Waals surface area contributed by atoms with Crippen molar-refractivity contribution in [3.8, 4) is 22.3 Å². The summed E-state index contributed by atoms with van der Waals surface area (Å²) in [6.45, 7) is 4.75. The fourth-order valence-corrected chi connectivity index (χ4v) is 11.9. The molecule has 0 saturated carbocycles. The molecule has 14 rings (SSSR count). The van der Waals surface area contributed by atoms with Gasteiger partial charge < -0.3 is 0 Å². The zero-order chi connectivity index (χ0) is 46.5. The van der Waals surface area contributed by atoms with Crippen LogP contribution >= 0.6 is 0 Å². The third-order valence-electron chi connectivity index (χ3n) is 14.9. The molecule has 0 radical (unpaired) electrons. The molecule has 0 saturated heterocycles. The molecule has 0 bridgehead atoms. The van der Waals surface area contributed by atoms with E-state index in [9.17, 15) is 0 Å². The van der Waals surface area contributed by atoms with E-state index in [0.717, 1.165) is 55.3 Å². The molecule has 3 aromatic heterocycles. The van der Waals surface area contributed by atoms with E-state index in [-0.39, 0.29) is 0 Å². The van der Waals surface area contributed by atoms with E-state index >= 15 is 0 Å². The van der Waals surface area contributed by atoms with Gasteiger partial charge in [-0.3, -0.25) is 15.0 Å². The molecule has 0 spiro atoms. The van der Waals surface area contributed by atoms with Gasteiger partial charge in [0.15, 0.2) is 0 Å². The van der Waals surface area contributed by atoms with Crippen LogP contribution in [-0.4, -0.2) is 15.0 Å². The predicted molar refractivity (Wildman–Crippen MR) is 293 cm³/mol. The highest BCUT2D eigenvalue weighted by molar-refractivity contribution is 6.41. The van der Waals surface area contributed by atoms with Gasteiger partial charge in [-0.15, -0.1) is 0 Å². The first-order chi connectivity index (χ1) is 34.6. The van der Waals surface area contributed by atoms with Crippen LogP contribution in [0.5, 0.6) is 0 Å². The van der Waals surface area contributed by atoms with Gasteiger partial charge in [0.25, 0.3) is 0 Å². The van der Waals surface area contributed by atoms with Crippen molar-refractivity contribution in [2.24, 2.45) is 0 Å². The Balaban J connectivity index is 1.23. The predicted octanol–water partition coefficient (Wildman–Crippen LogP) is 16.9. The summed E-state index contributed by atoms with van der Waals surface area (Å²) in [6.07, 6.45) is 5.78. The molecule has 3 heteroatoms. The van der Waals surface area contributed by atoms with Crippen molar-refractivity contribution in [3.05, 3.63) is 275 Å². The van der Waals surface area contributed by atoms with Crippen molar-refractivity contribution in [2.45, 2.75) is 13.8 Å². The van der Waals surface area contributed by atoms with Crippen LogP contribution in [0, 0.1) is 13.8 Å². The Morgan fingerprint density at radius 3 is 1.31 bits per heavy atom. The molecule has 0 unspecified atom stereocenters. The van der Waals surface area contributed by atoms with Crippen LogP contribution in [0.25, 0.3) is 104 Å². The summed E-state index contributed by atoms with van der Waals surface area (Å²) in [7, 11) is 0. The molecule has 0 fully saturated rings. The molecule has 9 aromatic carbocycles. The van der Waals surface area contributed by atoms with E-state index in [2.05, 4.69) is 202 Å². The van der Waals surface area contributed by atoms with E-state index in [4.69, 9.17) is 15.0 Å². The Kier molecular flexibility index (Phi) is 9.02. The molecule has 0 N–H and O–H groups in total. The topological polar surface area (TPSA) is 38.7 Å². The highest BCUT2D eigenvalue weighted by Crippen LogP contribution is 2.65. The normalized spacial score (nSPS) is 13.4. The van der Waals surface area contributed by atoms with Crippen LogP contribution in [0.4, 0.5) is 0 Å². The second kappa shape index (κ2) is 15.8. The largest absolute Gasteiger partial charge is 0.256 e. The van der Waals surface area contributed by atoms with Gasteiger partial charge in [0, 0.05) is 68.4 Å². The minimum atomic E-state index is 0.911. The molecule has 0 amide bonds. The lowest BCUT2D eigenvalue weighted by Gasteiger charge is -2.25. The van der Waals surface area contributed by atoms with Crippen molar-refractivity contribution >= 4 is 82.0 Å². The van der Waals surface area contributed by atoms with Crippen LogP contribution in [0.2, 0.25) is 0 Å². The molecule has 2 aliphatic carbocycles. The number of fused-ring (bicyclic) bond motifs is 8. The highest BCUT2D eigenvalue weighted by atomic mass is 14.7. The van der Waals surface area contributed by atoms with Gasteiger partial charge in [-0.25, -0.2) is 0 Å². The number of aromatic nitrogens is 3. The molecule has 12 aromatic rings. The zero-order valence-electron chi connectivity index (χ0n) is 38.7. The van der Waals surface area contributed by atoms with Gasteiger partial charge in [0.2, 0.25) is 0 Å². The maximum atomic E-state index is 5.30. The molecule has 2 aliphatic rings. The highest BCUT2D eigenvalue weighted by Gasteiger charge is 2.44. The SMILES string of the molecule is Cc1c2c(c(C)c(-c3ccc4ccccc4c3)c1-c1ccc3ccccc3c1)C(c1cccc3ccccc13)=C1C2=C(c2ccccn2)C(c2cccc3cccnc23)=C1c1cccc2cccnc12. The van der Waals surface area contributed by atoms with Crippen molar-refractivity contribution in [1.82, 2.24) is 15.0 Å². The number of benzene rings is 9. The first-order valence-corrected chi connectivity index (χ1v) is 24.1. The van der Waals surface area contributed by atoms with Crippen LogP contribution < -0.4 is 0 Å². The molecule has 3 nitrogen and oxygen atoms in total. The molecular formula is C67H43N3. The molecule has 0 atom stereocenters. The number of allylic oxidation sites excluding steroid dienone is 5. The zero-order valence-corrected chi connectivity index (χ0v) is 38.7. The van der Waals surface area contributed by atoms with E-state index in [1.165, 1.54) is 99.1 Å². The molecular weight excluding hydrogens is 847 g/mol. The average molecular weight is 890 g/mol. The molecule has 70 heavy (non-hydrogen) atoms. The van der Waals surface area contributed by atoms with E-state index < -0.39 is 0 Å². The third kappa shape index (κ3) is 5.98. The minimum Gasteiger partial charge on any atom is -0.256 e. The summed E-state index contributed by atoms with van der Waals surface area (Å²) < 4.78 is 0. The van der Waals surface area contributed by atoms with Crippen molar-refractivity contribution in [1.29, 1.82) is 0 Å². The summed E-state index contributed by atoms with van der Waals surface area (Å²) in [4.78, 5) is 15.7. The summed E-state index contributed by atoms with van der Waals surface area (Å²) in [5.41, 5.74) is 22.9. The van der Waals surface area contributed by atoms with Gasteiger partial charge >= 0.3 is 0 Å². The first kappa shape index (κ1) is 40.1. The summed E-state index contributed by atoms with van der Waals surface area (Å²) in [5, 5.41) is 9.45. The molecule has 3 heterocycles.